The Morgan fingerprint density at radius 1 is 1.10 bits per heavy atom. The number of fused-ring (bicyclic) bond motifs is 1. The third-order valence-electron chi connectivity index (χ3n) is 4.62. The summed E-state index contributed by atoms with van der Waals surface area (Å²) in [4.78, 5) is 30.4. The molecule has 9 heteroatoms. The fraction of sp³-hybridized carbons (Fsp3) is 0.0952. The molecule has 0 atom stereocenters. The Morgan fingerprint density at radius 2 is 1.90 bits per heavy atom. The van der Waals surface area contributed by atoms with Crippen LogP contribution in [0.3, 0.4) is 0 Å². The Morgan fingerprint density at radius 3 is 2.60 bits per heavy atom. The minimum Gasteiger partial charge on any atom is -0.320 e. The van der Waals surface area contributed by atoms with Gasteiger partial charge in [0.05, 0.1) is 12.0 Å². The van der Waals surface area contributed by atoms with Crippen molar-refractivity contribution in [1.29, 1.82) is 0 Å². The Labute approximate surface area is 173 Å². The molecule has 0 aliphatic rings. The second-order valence-electron chi connectivity index (χ2n) is 6.60. The van der Waals surface area contributed by atoms with E-state index in [4.69, 9.17) is 11.6 Å². The van der Waals surface area contributed by atoms with Gasteiger partial charge >= 0.3 is 5.69 Å². The average Bonchev–Trinajstić information content (AvgIpc) is 3.11. The number of aromatic nitrogens is 4. The van der Waals surface area contributed by atoms with Crippen molar-refractivity contribution in [1.82, 2.24) is 18.7 Å². The average molecular weight is 429 g/mol. The maximum absolute atomic E-state index is 13.6. The molecule has 0 fully saturated rings. The van der Waals surface area contributed by atoms with Crippen molar-refractivity contribution in [3.63, 3.8) is 0 Å². The lowest BCUT2D eigenvalue weighted by Crippen LogP contribution is -2.39. The van der Waals surface area contributed by atoms with Crippen molar-refractivity contribution >= 4 is 22.8 Å². The highest BCUT2D eigenvalue weighted by Crippen LogP contribution is 2.18. The number of hydrogen-bond donors (Lipinski definition) is 0. The van der Waals surface area contributed by atoms with Gasteiger partial charge in [-0.2, -0.15) is 0 Å². The maximum Gasteiger partial charge on any atom is 0.337 e. The molecule has 2 aromatic carbocycles. The number of allylic oxidation sites excluding steroid dienone is 1. The Balaban J connectivity index is 1.99. The number of imidazole rings is 1. The van der Waals surface area contributed by atoms with E-state index in [0.717, 1.165) is 16.7 Å². The third-order valence-corrected chi connectivity index (χ3v) is 4.85. The molecule has 0 aliphatic carbocycles. The zero-order chi connectivity index (χ0) is 21.4. The monoisotopic (exact) mass is 428 g/mol. The van der Waals surface area contributed by atoms with Gasteiger partial charge in [0.1, 0.15) is 0 Å². The summed E-state index contributed by atoms with van der Waals surface area (Å²) in [6, 6.07) is 10.1. The lowest BCUT2D eigenvalue weighted by atomic mass is 10.2. The van der Waals surface area contributed by atoms with Crippen LogP contribution in [-0.2, 0) is 13.1 Å². The molecule has 0 N–H and O–H groups in total. The molecule has 0 amide bonds. The van der Waals surface area contributed by atoms with Crippen LogP contribution in [0, 0.1) is 11.6 Å². The molecule has 4 aromatic rings. The molecule has 2 heterocycles. The minimum absolute atomic E-state index is 0.00940. The van der Waals surface area contributed by atoms with Crippen LogP contribution < -0.4 is 11.2 Å². The van der Waals surface area contributed by atoms with Gasteiger partial charge in [0.2, 0.25) is 0 Å². The molecule has 152 valence electrons. The van der Waals surface area contributed by atoms with Gasteiger partial charge in [-0.1, -0.05) is 29.8 Å². The number of rotatable bonds is 5. The van der Waals surface area contributed by atoms with Gasteiger partial charge in [0.15, 0.2) is 22.8 Å². The third kappa shape index (κ3) is 3.35. The molecule has 6 nitrogen and oxygen atoms in total. The molecule has 2 aromatic heterocycles. The molecule has 0 unspecified atom stereocenters. The fourth-order valence-electron chi connectivity index (χ4n) is 3.27. The highest BCUT2D eigenvalue weighted by Gasteiger charge is 2.19. The Bertz CT molecular complexity index is 1400. The van der Waals surface area contributed by atoms with Crippen LogP contribution in [0.1, 0.15) is 5.56 Å². The molecule has 0 spiro atoms. The van der Waals surface area contributed by atoms with Gasteiger partial charge in [0.25, 0.3) is 5.56 Å². The van der Waals surface area contributed by atoms with Crippen LogP contribution in [0.2, 0.25) is 5.02 Å². The van der Waals surface area contributed by atoms with Crippen molar-refractivity contribution in [2.45, 2.75) is 13.1 Å². The zero-order valence-electron chi connectivity index (χ0n) is 15.6. The lowest BCUT2D eigenvalue weighted by molar-refractivity contribution is 0.506. The standard InChI is InChI=1S/C21H15ClF2N4O2/c1-2-8-27-20(29)18-19(28(21(27)30)15-5-3-4-14(22)10-15)25-12-26(18)11-13-6-7-16(23)17(24)9-13/h2-7,9-10,12H,1,8,11H2. The molecular weight excluding hydrogens is 414 g/mol. The van der Waals surface area contributed by atoms with E-state index >= 15 is 0 Å². The highest BCUT2D eigenvalue weighted by atomic mass is 35.5. The van der Waals surface area contributed by atoms with Gasteiger partial charge in [0, 0.05) is 18.1 Å². The lowest BCUT2D eigenvalue weighted by Gasteiger charge is -2.12. The van der Waals surface area contributed by atoms with Crippen LogP contribution in [0.15, 0.2) is 71.0 Å². The van der Waals surface area contributed by atoms with Crippen molar-refractivity contribution in [3.8, 4) is 5.69 Å². The Kier molecular flexibility index (Phi) is 5.09. The number of benzene rings is 2. The summed E-state index contributed by atoms with van der Waals surface area (Å²) in [5.41, 5.74) is -0.00547. The molecular formula is C21H15ClF2N4O2. The number of hydrogen-bond acceptors (Lipinski definition) is 3. The first kappa shape index (κ1) is 19.8. The maximum atomic E-state index is 13.6. The summed E-state index contributed by atoms with van der Waals surface area (Å²) in [5, 5.41) is 0.412. The smallest absolute Gasteiger partial charge is 0.320 e. The van der Waals surface area contributed by atoms with Gasteiger partial charge in [-0.15, -0.1) is 6.58 Å². The fourth-order valence-corrected chi connectivity index (χ4v) is 3.46. The quantitative estimate of drug-likeness (QED) is 0.457. The molecule has 0 saturated carbocycles. The predicted octanol–water partition coefficient (Wildman–Crippen LogP) is 3.51. The summed E-state index contributed by atoms with van der Waals surface area (Å²) < 4.78 is 30.7. The summed E-state index contributed by atoms with van der Waals surface area (Å²) in [6.07, 6.45) is 2.82. The van der Waals surface area contributed by atoms with Crippen molar-refractivity contribution in [2.24, 2.45) is 0 Å². The van der Waals surface area contributed by atoms with Crippen molar-refractivity contribution in [2.75, 3.05) is 0 Å². The molecule has 30 heavy (non-hydrogen) atoms. The number of nitrogens with zero attached hydrogens (tertiary/aromatic N) is 4. The summed E-state index contributed by atoms with van der Waals surface area (Å²) >= 11 is 6.08. The molecule has 4 rings (SSSR count). The van der Waals surface area contributed by atoms with Gasteiger partial charge in [-0.05, 0) is 35.9 Å². The highest BCUT2D eigenvalue weighted by molar-refractivity contribution is 6.30. The van der Waals surface area contributed by atoms with E-state index in [1.165, 1.54) is 27.6 Å². The summed E-state index contributed by atoms with van der Waals surface area (Å²) in [5.74, 6) is -1.95. The van der Waals surface area contributed by atoms with Crippen molar-refractivity contribution < 1.29 is 8.78 Å². The second kappa shape index (κ2) is 7.72. The van der Waals surface area contributed by atoms with Crippen LogP contribution in [0.25, 0.3) is 16.9 Å². The molecule has 0 bridgehead atoms. The van der Waals surface area contributed by atoms with Crippen LogP contribution in [0.4, 0.5) is 8.78 Å². The van der Waals surface area contributed by atoms with Gasteiger partial charge in [-0.3, -0.25) is 9.36 Å². The predicted molar refractivity (Wildman–Crippen MR) is 110 cm³/mol. The van der Waals surface area contributed by atoms with E-state index < -0.39 is 22.9 Å². The van der Waals surface area contributed by atoms with Gasteiger partial charge in [-0.25, -0.2) is 23.1 Å². The van der Waals surface area contributed by atoms with E-state index in [1.54, 1.807) is 24.3 Å². The normalized spacial score (nSPS) is 11.2. The largest absolute Gasteiger partial charge is 0.337 e. The number of halogens is 3. The summed E-state index contributed by atoms with van der Waals surface area (Å²) in [6.45, 7) is 3.65. The van der Waals surface area contributed by atoms with Gasteiger partial charge < -0.3 is 4.57 Å². The second-order valence-corrected chi connectivity index (χ2v) is 7.03. The van der Waals surface area contributed by atoms with Crippen LogP contribution >= 0.6 is 11.6 Å². The van der Waals surface area contributed by atoms with E-state index in [1.807, 2.05) is 0 Å². The first-order valence-corrected chi connectivity index (χ1v) is 9.30. The topological polar surface area (TPSA) is 61.8 Å². The molecule has 0 radical (unpaired) electrons. The Hall–Kier alpha value is -3.52. The van der Waals surface area contributed by atoms with Crippen molar-refractivity contribution in [3.05, 3.63) is 105 Å². The van der Waals surface area contributed by atoms with Crippen LogP contribution in [0.5, 0.6) is 0 Å². The molecule has 0 saturated heterocycles. The van der Waals surface area contributed by atoms with E-state index in [2.05, 4.69) is 11.6 Å². The van der Waals surface area contributed by atoms with Crippen LogP contribution in [-0.4, -0.2) is 18.7 Å². The SMILES string of the molecule is C=CCn1c(=O)c2c(ncn2Cc2ccc(F)c(F)c2)n(-c2cccc(Cl)c2)c1=O. The van der Waals surface area contributed by atoms with E-state index in [0.29, 0.717) is 16.3 Å². The van der Waals surface area contributed by atoms with E-state index in [9.17, 15) is 18.4 Å². The summed E-state index contributed by atoms with van der Waals surface area (Å²) in [7, 11) is 0. The minimum atomic E-state index is -0.989. The molecule has 0 aliphatic heterocycles. The first-order valence-electron chi connectivity index (χ1n) is 8.92. The first-order chi connectivity index (χ1) is 14.4. The van der Waals surface area contributed by atoms with E-state index in [-0.39, 0.29) is 24.3 Å². The zero-order valence-corrected chi connectivity index (χ0v) is 16.3.